The number of aromatic nitrogens is 1. The molecule has 0 atom stereocenters. The molecule has 2 aromatic rings. The monoisotopic (exact) mass is 266 g/mol. The third kappa shape index (κ3) is 3.11. The van der Waals surface area contributed by atoms with E-state index >= 15 is 0 Å². The van der Waals surface area contributed by atoms with Crippen molar-refractivity contribution in [3.63, 3.8) is 0 Å². The van der Waals surface area contributed by atoms with Crippen LogP contribution in [-0.2, 0) is 22.8 Å². The molecule has 1 aromatic heterocycles. The second-order valence-corrected chi connectivity index (χ2v) is 6.83. The van der Waals surface area contributed by atoms with Gasteiger partial charge in [-0.3, -0.25) is 0 Å². The molecular formula is C13H18N2O2S. The minimum atomic E-state index is -2.92. The minimum absolute atomic E-state index is 0.168. The van der Waals surface area contributed by atoms with E-state index in [-0.39, 0.29) is 5.75 Å². The van der Waals surface area contributed by atoms with E-state index in [1.807, 2.05) is 29.0 Å². The summed E-state index contributed by atoms with van der Waals surface area (Å²) in [5.41, 5.74) is 7.82. The number of nitrogens with two attached hydrogens (primary N) is 1. The van der Waals surface area contributed by atoms with Crippen LogP contribution >= 0.6 is 0 Å². The molecule has 1 aromatic carbocycles. The van der Waals surface area contributed by atoms with Gasteiger partial charge in [-0.25, -0.2) is 8.42 Å². The zero-order valence-electron chi connectivity index (χ0n) is 10.5. The highest BCUT2D eigenvalue weighted by molar-refractivity contribution is 7.90. The van der Waals surface area contributed by atoms with Crippen molar-refractivity contribution < 1.29 is 8.42 Å². The number of hydrogen-bond donors (Lipinski definition) is 1. The number of aryl methyl sites for hydroxylation is 1. The smallest absolute Gasteiger partial charge is 0.149 e. The first kappa shape index (κ1) is 13.1. The molecular weight excluding hydrogens is 248 g/mol. The molecule has 0 aliphatic rings. The lowest BCUT2D eigenvalue weighted by Crippen LogP contribution is -2.10. The van der Waals surface area contributed by atoms with Crippen molar-refractivity contribution in [2.75, 3.05) is 18.6 Å². The lowest BCUT2D eigenvalue weighted by molar-refractivity contribution is 0.596. The third-order valence-corrected chi connectivity index (χ3v) is 3.90. The fourth-order valence-corrected chi connectivity index (χ4v) is 2.56. The average molecular weight is 266 g/mol. The Balaban J connectivity index is 2.26. The zero-order valence-corrected chi connectivity index (χ0v) is 11.3. The molecule has 0 amide bonds. The van der Waals surface area contributed by atoms with Gasteiger partial charge >= 0.3 is 0 Å². The van der Waals surface area contributed by atoms with Crippen LogP contribution in [0.1, 0.15) is 5.56 Å². The number of rotatable bonds is 5. The first-order valence-electron chi connectivity index (χ1n) is 5.95. The third-order valence-electron chi connectivity index (χ3n) is 2.97. The number of nitrogens with zero attached hydrogens (tertiary/aromatic N) is 1. The van der Waals surface area contributed by atoms with E-state index in [0.717, 1.165) is 17.3 Å². The summed E-state index contributed by atoms with van der Waals surface area (Å²) in [5.74, 6) is 0.168. The molecule has 0 saturated carbocycles. The first-order chi connectivity index (χ1) is 8.49. The van der Waals surface area contributed by atoms with Crippen molar-refractivity contribution in [3.8, 4) is 0 Å². The molecule has 0 unspecified atom stereocenters. The first-order valence-corrected chi connectivity index (χ1v) is 8.01. The van der Waals surface area contributed by atoms with E-state index in [1.54, 1.807) is 0 Å². The molecule has 0 radical (unpaired) electrons. The van der Waals surface area contributed by atoms with Gasteiger partial charge in [-0.2, -0.15) is 0 Å². The van der Waals surface area contributed by atoms with E-state index < -0.39 is 9.84 Å². The van der Waals surface area contributed by atoms with Gasteiger partial charge in [-0.15, -0.1) is 0 Å². The maximum atomic E-state index is 11.2. The molecule has 2 rings (SSSR count). The fraction of sp³-hybridized carbons (Fsp3) is 0.385. The number of fused-ring (bicyclic) bond motifs is 1. The maximum Gasteiger partial charge on any atom is 0.149 e. The molecule has 5 heteroatoms. The van der Waals surface area contributed by atoms with Crippen LogP contribution < -0.4 is 5.73 Å². The normalized spacial score (nSPS) is 12.1. The Labute approximate surface area is 107 Å². The van der Waals surface area contributed by atoms with E-state index in [0.29, 0.717) is 13.1 Å². The van der Waals surface area contributed by atoms with Crippen LogP contribution in [0.2, 0.25) is 0 Å². The lowest BCUT2D eigenvalue weighted by Gasteiger charge is -2.05. The molecule has 0 saturated heterocycles. The van der Waals surface area contributed by atoms with Crippen molar-refractivity contribution >= 4 is 20.7 Å². The predicted octanol–water partition coefficient (Wildman–Crippen LogP) is 1.19. The Bertz CT molecular complexity index is 644. The molecule has 98 valence electrons. The van der Waals surface area contributed by atoms with Gasteiger partial charge in [0.25, 0.3) is 0 Å². The minimum Gasteiger partial charge on any atom is -0.346 e. The van der Waals surface area contributed by atoms with Gasteiger partial charge in [0.15, 0.2) is 0 Å². The lowest BCUT2D eigenvalue weighted by atomic mass is 10.1. The molecule has 0 bridgehead atoms. The van der Waals surface area contributed by atoms with Gasteiger partial charge in [0, 0.05) is 24.5 Å². The molecule has 0 aliphatic heterocycles. The van der Waals surface area contributed by atoms with E-state index in [2.05, 4.69) is 6.07 Å². The summed E-state index contributed by atoms with van der Waals surface area (Å²) in [6.45, 7) is 1.14. The van der Waals surface area contributed by atoms with Crippen molar-refractivity contribution in [1.29, 1.82) is 0 Å². The highest BCUT2D eigenvalue weighted by Crippen LogP contribution is 2.18. The molecule has 4 nitrogen and oxygen atoms in total. The average Bonchev–Trinajstić information content (AvgIpc) is 2.68. The second kappa shape index (κ2) is 5.12. The highest BCUT2D eigenvalue weighted by Gasteiger charge is 2.06. The highest BCUT2D eigenvalue weighted by atomic mass is 32.2. The van der Waals surface area contributed by atoms with Gasteiger partial charge in [-0.1, -0.05) is 6.07 Å². The van der Waals surface area contributed by atoms with Gasteiger partial charge < -0.3 is 10.3 Å². The number of benzene rings is 1. The number of sulfone groups is 1. The van der Waals surface area contributed by atoms with Crippen LogP contribution in [0, 0.1) is 0 Å². The standard InChI is InChI=1S/C13H18N2O2S/c1-18(16,17)9-8-15-7-5-12-10-11(4-6-14)2-3-13(12)15/h2-3,5,7,10H,4,6,8-9,14H2,1H3. The van der Waals surface area contributed by atoms with Gasteiger partial charge in [0.2, 0.25) is 0 Å². The van der Waals surface area contributed by atoms with Crippen LogP contribution in [0.15, 0.2) is 30.5 Å². The second-order valence-electron chi connectivity index (χ2n) is 4.57. The van der Waals surface area contributed by atoms with E-state index in [9.17, 15) is 8.42 Å². The zero-order chi connectivity index (χ0) is 13.2. The van der Waals surface area contributed by atoms with Gasteiger partial charge in [0.1, 0.15) is 9.84 Å². The summed E-state index contributed by atoms with van der Waals surface area (Å²) in [6.07, 6.45) is 4.06. The van der Waals surface area contributed by atoms with Gasteiger partial charge in [-0.05, 0) is 42.1 Å². The summed E-state index contributed by atoms with van der Waals surface area (Å²) in [4.78, 5) is 0. The van der Waals surface area contributed by atoms with Crippen molar-refractivity contribution in [2.45, 2.75) is 13.0 Å². The molecule has 0 spiro atoms. The van der Waals surface area contributed by atoms with Crippen LogP contribution in [-0.4, -0.2) is 31.5 Å². The van der Waals surface area contributed by atoms with Crippen LogP contribution in [0.5, 0.6) is 0 Å². The van der Waals surface area contributed by atoms with Crippen LogP contribution in [0.25, 0.3) is 10.9 Å². The Hall–Kier alpha value is -1.33. The largest absolute Gasteiger partial charge is 0.346 e. The maximum absolute atomic E-state index is 11.2. The molecule has 1 heterocycles. The van der Waals surface area contributed by atoms with Crippen molar-refractivity contribution in [2.24, 2.45) is 5.73 Å². The van der Waals surface area contributed by atoms with Crippen molar-refractivity contribution in [1.82, 2.24) is 4.57 Å². The summed E-state index contributed by atoms with van der Waals surface area (Å²) in [5, 5.41) is 1.13. The summed E-state index contributed by atoms with van der Waals surface area (Å²) in [6, 6.07) is 8.20. The quantitative estimate of drug-likeness (QED) is 0.884. The fourth-order valence-electron chi connectivity index (χ4n) is 2.03. The van der Waals surface area contributed by atoms with E-state index in [1.165, 1.54) is 11.8 Å². The topological polar surface area (TPSA) is 65.1 Å². The molecule has 0 aliphatic carbocycles. The van der Waals surface area contributed by atoms with E-state index in [4.69, 9.17) is 5.73 Å². The molecule has 18 heavy (non-hydrogen) atoms. The van der Waals surface area contributed by atoms with Crippen molar-refractivity contribution in [3.05, 3.63) is 36.0 Å². The van der Waals surface area contributed by atoms with Gasteiger partial charge in [0.05, 0.1) is 5.75 Å². The molecule has 0 fully saturated rings. The van der Waals surface area contributed by atoms with Crippen LogP contribution in [0.3, 0.4) is 0 Å². The Kier molecular flexibility index (Phi) is 3.73. The predicted molar refractivity (Wildman–Crippen MR) is 74.4 cm³/mol. The van der Waals surface area contributed by atoms with Crippen LogP contribution in [0.4, 0.5) is 0 Å². The molecule has 2 N–H and O–H groups in total. The summed E-state index contributed by atoms with van der Waals surface area (Å²) < 4.78 is 24.3. The summed E-state index contributed by atoms with van der Waals surface area (Å²) in [7, 11) is -2.92. The SMILES string of the molecule is CS(=O)(=O)CCn1ccc2cc(CCN)ccc21. The summed E-state index contributed by atoms with van der Waals surface area (Å²) >= 11 is 0. The Morgan fingerprint density at radius 3 is 2.72 bits per heavy atom. The number of hydrogen-bond acceptors (Lipinski definition) is 3. The Morgan fingerprint density at radius 2 is 2.06 bits per heavy atom. The Morgan fingerprint density at radius 1 is 1.28 bits per heavy atom.